The van der Waals surface area contributed by atoms with Crippen molar-refractivity contribution in [3.63, 3.8) is 0 Å². The van der Waals surface area contributed by atoms with Crippen LogP contribution in [0.1, 0.15) is 39.7 Å². The van der Waals surface area contributed by atoms with Crippen LogP contribution in [-0.2, 0) is 11.3 Å². The summed E-state index contributed by atoms with van der Waals surface area (Å²) in [5.41, 5.74) is 0.809. The van der Waals surface area contributed by atoms with Gasteiger partial charge in [0.2, 0.25) is 0 Å². The molecule has 0 saturated carbocycles. The fraction of sp³-hybridized carbons (Fsp3) is 0.625. The lowest BCUT2D eigenvalue weighted by molar-refractivity contribution is 0.100. The molecule has 0 atom stereocenters. The first-order valence-electron chi connectivity index (χ1n) is 7.16. The van der Waals surface area contributed by atoms with E-state index in [-0.39, 0.29) is 11.4 Å². The number of nitrogens with one attached hydrogen (secondary N) is 1. The Kier molecular flexibility index (Phi) is 6.96. The Balaban J connectivity index is 2.56. The molecule has 0 aromatic heterocycles. The third-order valence-corrected chi connectivity index (χ3v) is 2.67. The van der Waals surface area contributed by atoms with Crippen LogP contribution in [0.2, 0.25) is 0 Å². The second kappa shape index (κ2) is 8.22. The highest BCUT2D eigenvalue weighted by molar-refractivity contribution is 5.34. The Hall–Kier alpha value is -1.13. The second-order valence-corrected chi connectivity index (χ2v) is 5.82. The van der Waals surface area contributed by atoms with Crippen LogP contribution in [0.15, 0.2) is 18.2 Å². The van der Waals surface area contributed by atoms with Gasteiger partial charge in [-0.25, -0.2) is 4.39 Å². The summed E-state index contributed by atoms with van der Waals surface area (Å²) in [4.78, 5) is 0. The van der Waals surface area contributed by atoms with Crippen molar-refractivity contribution >= 4 is 0 Å². The normalized spacial score (nSPS) is 11.7. The maximum absolute atomic E-state index is 13.3. The number of hydrogen-bond donors (Lipinski definition) is 1. The number of benzene rings is 1. The van der Waals surface area contributed by atoms with Gasteiger partial charge in [0.05, 0.1) is 6.61 Å². The first kappa shape index (κ1) is 16.9. The van der Waals surface area contributed by atoms with E-state index in [2.05, 4.69) is 33.0 Å². The predicted octanol–water partition coefficient (Wildman–Crippen LogP) is 3.52. The van der Waals surface area contributed by atoms with Gasteiger partial charge in [0.1, 0.15) is 18.2 Å². The summed E-state index contributed by atoms with van der Waals surface area (Å²) in [7, 11) is 0. The zero-order chi connectivity index (χ0) is 15.0. The molecule has 4 heteroatoms. The molecule has 0 radical (unpaired) electrons. The van der Waals surface area contributed by atoms with Gasteiger partial charge in [0.25, 0.3) is 0 Å². The van der Waals surface area contributed by atoms with Gasteiger partial charge in [-0.3, -0.25) is 0 Å². The van der Waals surface area contributed by atoms with Crippen LogP contribution >= 0.6 is 0 Å². The van der Waals surface area contributed by atoms with Crippen molar-refractivity contribution in [3.05, 3.63) is 29.6 Å². The first-order chi connectivity index (χ1) is 9.42. The van der Waals surface area contributed by atoms with Gasteiger partial charge in [-0.2, -0.15) is 0 Å². The average molecular weight is 283 g/mol. The molecule has 0 spiro atoms. The largest absolute Gasteiger partial charge is 0.491 e. The summed E-state index contributed by atoms with van der Waals surface area (Å²) in [6.45, 7) is 10.6. The molecule has 0 aliphatic rings. The topological polar surface area (TPSA) is 30.5 Å². The summed E-state index contributed by atoms with van der Waals surface area (Å²) in [6, 6.07) is 4.61. The average Bonchev–Trinajstić information content (AvgIpc) is 2.37. The maximum Gasteiger partial charge on any atom is 0.124 e. The Labute approximate surface area is 121 Å². The van der Waals surface area contributed by atoms with Gasteiger partial charge < -0.3 is 14.8 Å². The van der Waals surface area contributed by atoms with E-state index in [1.54, 1.807) is 6.07 Å². The summed E-state index contributed by atoms with van der Waals surface area (Å²) in [6.07, 6.45) is 0.997. The van der Waals surface area contributed by atoms with Crippen molar-refractivity contribution in [2.24, 2.45) is 0 Å². The van der Waals surface area contributed by atoms with Gasteiger partial charge in [-0.15, -0.1) is 0 Å². The first-order valence-corrected chi connectivity index (χ1v) is 7.16. The molecule has 1 rings (SSSR count). The number of hydrogen-bond acceptors (Lipinski definition) is 3. The number of halogens is 1. The van der Waals surface area contributed by atoms with E-state index < -0.39 is 0 Å². The van der Waals surface area contributed by atoms with Crippen molar-refractivity contribution in [1.82, 2.24) is 5.32 Å². The van der Waals surface area contributed by atoms with Crippen molar-refractivity contribution in [1.29, 1.82) is 0 Å². The minimum Gasteiger partial charge on any atom is -0.491 e. The van der Waals surface area contributed by atoms with Crippen LogP contribution in [0.5, 0.6) is 5.75 Å². The third-order valence-electron chi connectivity index (χ3n) is 2.67. The van der Waals surface area contributed by atoms with Crippen LogP contribution in [0, 0.1) is 5.82 Å². The lowest BCUT2D eigenvalue weighted by atomic mass is 10.1. The zero-order valence-corrected chi connectivity index (χ0v) is 13.0. The molecule has 114 valence electrons. The Morgan fingerprint density at radius 3 is 2.55 bits per heavy atom. The smallest absolute Gasteiger partial charge is 0.124 e. The zero-order valence-electron chi connectivity index (χ0n) is 13.0. The van der Waals surface area contributed by atoms with Gasteiger partial charge in [0.15, 0.2) is 0 Å². The Morgan fingerprint density at radius 2 is 1.90 bits per heavy atom. The molecule has 1 aromatic rings. The quantitative estimate of drug-likeness (QED) is 0.740. The molecular weight excluding hydrogens is 257 g/mol. The van der Waals surface area contributed by atoms with Gasteiger partial charge in [0, 0.05) is 24.3 Å². The molecule has 0 aliphatic heterocycles. The van der Waals surface area contributed by atoms with E-state index in [0.29, 0.717) is 25.5 Å². The summed E-state index contributed by atoms with van der Waals surface area (Å²) in [5, 5.41) is 3.34. The highest BCUT2D eigenvalue weighted by atomic mass is 19.1. The Morgan fingerprint density at radius 1 is 1.15 bits per heavy atom. The van der Waals surface area contributed by atoms with Crippen LogP contribution in [0.4, 0.5) is 4.39 Å². The van der Waals surface area contributed by atoms with Gasteiger partial charge in [-0.05, 0) is 45.4 Å². The van der Waals surface area contributed by atoms with Crippen LogP contribution in [0.3, 0.4) is 0 Å². The van der Waals surface area contributed by atoms with E-state index in [0.717, 1.165) is 18.6 Å². The molecule has 0 aliphatic carbocycles. The molecule has 3 nitrogen and oxygen atoms in total. The summed E-state index contributed by atoms with van der Waals surface area (Å²) >= 11 is 0. The van der Waals surface area contributed by atoms with Crippen LogP contribution in [-0.4, -0.2) is 25.4 Å². The van der Waals surface area contributed by atoms with E-state index in [1.807, 2.05) is 0 Å². The monoisotopic (exact) mass is 283 g/mol. The minimum absolute atomic E-state index is 0.0200. The molecule has 0 heterocycles. The van der Waals surface area contributed by atoms with Crippen molar-refractivity contribution in [2.45, 2.75) is 46.2 Å². The van der Waals surface area contributed by atoms with Crippen LogP contribution < -0.4 is 10.1 Å². The highest BCUT2D eigenvalue weighted by Gasteiger charge is 2.11. The lowest BCUT2D eigenvalue weighted by Gasteiger charge is -2.21. The maximum atomic E-state index is 13.3. The van der Waals surface area contributed by atoms with E-state index in [1.165, 1.54) is 12.1 Å². The molecule has 0 unspecified atom stereocenters. The SMILES string of the molecule is CCCOCCOc1ccc(F)cc1CNC(C)(C)C. The van der Waals surface area contributed by atoms with Crippen molar-refractivity contribution in [2.75, 3.05) is 19.8 Å². The predicted molar refractivity (Wildman–Crippen MR) is 79.6 cm³/mol. The van der Waals surface area contributed by atoms with Crippen LogP contribution in [0.25, 0.3) is 0 Å². The standard InChI is InChI=1S/C16H26FNO2/c1-5-8-19-9-10-20-15-7-6-14(17)11-13(15)12-18-16(2,3)4/h6-7,11,18H,5,8-10,12H2,1-4H3. The minimum atomic E-state index is -0.245. The fourth-order valence-electron chi connectivity index (χ4n) is 1.64. The molecule has 0 saturated heterocycles. The van der Waals surface area contributed by atoms with Gasteiger partial charge in [-0.1, -0.05) is 6.92 Å². The van der Waals surface area contributed by atoms with E-state index in [4.69, 9.17) is 9.47 Å². The van der Waals surface area contributed by atoms with E-state index >= 15 is 0 Å². The third kappa shape index (κ3) is 6.87. The molecule has 0 bridgehead atoms. The molecular formula is C16H26FNO2. The lowest BCUT2D eigenvalue weighted by Crippen LogP contribution is -2.35. The molecule has 20 heavy (non-hydrogen) atoms. The number of rotatable bonds is 8. The van der Waals surface area contributed by atoms with Gasteiger partial charge >= 0.3 is 0 Å². The molecule has 0 amide bonds. The second-order valence-electron chi connectivity index (χ2n) is 5.82. The van der Waals surface area contributed by atoms with Crippen molar-refractivity contribution in [3.8, 4) is 5.75 Å². The highest BCUT2D eigenvalue weighted by Crippen LogP contribution is 2.20. The Bertz CT molecular complexity index is 402. The molecule has 1 N–H and O–H groups in total. The fourth-order valence-corrected chi connectivity index (χ4v) is 1.64. The number of ether oxygens (including phenoxy) is 2. The molecule has 0 fully saturated rings. The summed E-state index contributed by atoms with van der Waals surface area (Å²) < 4.78 is 24.4. The molecule has 1 aromatic carbocycles. The summed E-state index contributed by atoms with van der Waals surface area (Å²) in [5.74, 6) is 0.466. The van der Waals surface area contributed by atoms with Crippen molar-refractivity contribution < 1.29 is 13.9 Å². The van der Waals surface area contributed by atoms with E-state index in [9.17, 15) is 4.39 Å².